The van der Waals surface area contributed by atoms with Crippen LogP contribution in [0, 0.1) is 12.8 Å². The van der Waals surface area contributed by atoms with E-state index in [-0.39, 0.29) is 12.7 Å². The van der Waals surface area contributed by atoms with Crippen LogP contribution in [0.1, 0.15) is 40.9 Å². The summed E-state index contributed by atoms with van der Waals surface area (Å²) >= 11 is 3.54. The summed E-state index contributed by atoms with van der Waals surface area (Å²) in [6, 6.07) is 15.7. The molecule has 0 saturated heterocycles. The fraction of sp³-hybridized carbons (Fsp3) is 0.276. The Morgan fingerprint density at radius 1 is 1.08 bits per heavy atom. The van der Waals surface area contributed by atoms with Gasteiger partial charge in [0.25, 0.3) is 11.8 Å². The van der Waals surface area contributed by atoms with Crippen molar-refractivity contribution in [1.82, 2.24) is 10.7 Å². The number of benzene rings is 3. The average Bonchev–Trinajstić information content (AvgIpc) is 3.39. The second kappa shape index (κ2) is 12.7. The molecule has 3 aromatic rings. The Hall–Kier alpha value is -4.05. The number of nitrogens with zero attached hydrogens (tertiary/aromatic N) is 1. The zero-order valence-electron chi connectivity index (χ0n) is 22.1. The predicted octanol–water partition coefficient (Wildman–Crippen LogP) is 4.98. The number of carbonyl (C=O) groups is 2. The van der Waals surface area contributed by atoms with Crippen LogP contribution >= 0.6 is 15.9 Å². The van der Waals surface area contributed by atoms with Gasteiger partial charge in [0.2, 0.25) is 6.79 Å². The van der Waals surface area contributed by atoms with Gasteiger partial charge in [0, 0.05) is 5.56 Å². The molecule has 4 rings (SSSR count). The van der Waals surface area contributed by atoms with Gasteiger partial charge < -0.3 is 24.3 Å². The Morgan fingerprint density at radius 3 is 2.54 bits per heavy atom. The molecule has 0 fully saturated rings. The molecule has 0 aromatic heterocycles. The van der Waals surface area contributed by atoms with Crippen molar-refractivity contribution in [3.8, 4) is 23.0 Å². The van der Waals surface area contributed by atoms with E-state index < -0.39 is 17.9 Å². The normalized spacial score (nSPS) is 12.9. The molecule has 1 aliphatic heterocycles. The van der Waals surface area contributed by atoms with Crippen LogP contribution in [0.4, 0.5) is 0 Å². The third-order valence-electron chi connectivity index (χ3n) is 6.01. The number of hydrogen-bond acceptors (Lipinski definition) is 7. The van der Waals surface area contributed by atoms with E-state index in [2.05, 4.69) is 31.8 Å². The van der Waals surface area contributed by atoms with Crippen molar-refractivity contribution in [1.29, 1.82) is 0 Å². The maximum absolute atomic E-state index is 12.9. The molecule has 0 saturated carbocycles. The van der Waals surface area contributed by atoms with Crippen LogP contribution in [0.25, 0.3) is 0 Å². The maximum atomic E-state index is 12.9. The number of methoxy groups -OCH3 is 1. The first-order valence-corrected chi connectivity index (χ1v) is 13.1. The minimum absolute atomic E-state index is 0.112. The Bertz CT molecular complexity index is 1370. The molecule has 0 radical (unpaired) electrons. The number of amides is 2. The summed E-state index contributed by atoms with van der Waals surface area (Å²) in [5.41, 5.74) is 5.77. The topological polar surface area (TPSA) is 107 Å². The van der Waals surface area contributed by atoms with Crippen LogP contribution in [0.2, 0.25) is 0 Å². The van der Waals surface area contributed by atoms with E-state index in [1.165, 1.54) is 11.8 Å². The van der Waals surface area contributed by atoms with Crippen LogP contribution in [-0.2, 0) is 11.4 Å². The fourth-order valence-corrected chi connectivity index (χ4v) is 4.41. The number of rotatable bonds is 10. The van der Waals surface area contributed by atoms with Gasteiger partial charge in [0.05, 0.1) is 17.8 Å². The summed E-state index contributed by atoms with van der Waals surface area (Å²) in [5.74, 6) is 1.11. The SMILES string of the molecule is COc1cc(C=NNC(=O)C(NC(=O)c2ccc3c(c2)OCO3)C(C)C)cc(Br)c1OCc1ccc(C)cc1. The maximum Gasteiger partial charge on any atom is 0.262 e. The molecule has 0 spiro atoms. The lowest BCUT2D eigenvalue weighted by molar-refractivity contribution is -0.123. The molecular weight excluding hydrogens is 566 g/mol. The summed E-state index contributed by atoms with van der Waals surface area (Å²) in [6.07, 6.45) is 1.49. The lowest BCUT2D eigenvalue weighted by Gasteiger charge is -2.20. The molecule has 1 aliphatic rings. The molecule has 204 valence electrons. The van der Waals surface area contributed by atoms with Gasteiger partial charge in [-0.05, 0) is 70.2 Å². The van der Waals surface area contributed by atoms with Crippen LogP contribution in [0.5, 0.6) is 23.0 Å². The van der Waals surface area contributed by atoms with Crippen molar-refractivity contribution in [3.63, 3.8) is 0 Å². The molecule has 3 aromatic carbocycles. The molecule has 2 N–H and O–H groups in total. The third kappa shape index (κ3) is 7.08. The molecule has 10 heteroatoms. The van der Waals surface area contributed by atoms with Gasteiger partial charge in [0.1, 0.15) is 12.6 Å². The first kappa shape index (κ1) is 28.0. The Morgan fingerprint density at radius 2 is 1.82 bits per heavy atom. The van der Waals surface area contributed by atoms with Gasteiger partial charge in [-0.15, -0.1) is 0 Å². The zero-order valence-corrected chi connectivity index (χ0v) is 23.7. The number of ether oxygens (including phenoxy) is 4. The number of aryl methyl sites for hydroxylation is 1. The van der Waals surface area contributed by atoms with E-state index in [4.69, 9.17) is 18.9 Å². The second-order valence-corrected chi connectivity index (χ2v) is 10.2. The van der Waals surface area contributed by atoms with Gasteiger partial charge in [-0.25, -0.2) is 5.43 Å². The number of halogens is 1. The van der Waals surface area contributed by atoms with Gasteiger partial charge in [-0.2, -0.15) is 5.10 Å². The molecule has 39 heavy (non-hydrogen) atoms. The highest BCUT2D eigenvalue weighted by atomic mass is 79.9. The van der Waals surface area contributed by atoms with Gasteiger partial charge in [-0.1, -0.05) is 43.7 Å². The Labute approximate surface area is 235 Å². The van der Waals surface area contributed by atoms with Crippen LogP contribution < -0.4 is 29.7 Å². The highest BCUT2D eigenvalue weighted by molar-refractivity contribution is 9.10. The highest BCUT2D eigenvalue weighted by Crippen LogP contribution is 2.37. The number of hydrazone groups is 1. The standard InChI is InChI=1S/C29H30BrN3O6/c1-17(2)26(32-28(34)21-9-10-23-24(13-21)39-16-38-23)29(35)33-31-14-20-11-22(30)27(25(12-20)36-4)37-15-19-7-5-18(3)6-8-19/h5-14,17,26H,15-16H2,1-4H3,(H,32,34)(H,33,35). The number of fused-ring (bicyclic) bond motifs is 1. The Kier molecular flexibility index (Phi) is 9.08. The molecule has 1 unspecified atom stereocenters. The number of nitrogens with one attached hydrogen (secondary N) is 2. The van der Waals surface area contributed by atoms with Crippen molar-refractivity contribution >= 4 is 34.0 Å². The van der Waals surface area contributed by atoms with Crippen LogP contribution in [0.15, 0.2) is 64.2 Å². The molecule has 0 bridgehead atoms. The Balaban J connectivity index is 1.38. The summed E-state index contributed by atoms with van der Waals surface area (Å²) < 4.78 is 22.8. The lowest BCUT2D eigenvalue weighted by atomic mass is 10.0. The van der Waals surface area contributed by atoms with E-state index >= 15 is 0 Å². The summed E-state index contributed by atoms with van der Waals surface area (Å²) in [4.78, 5) is 25.7. The monoisotopic (exact) mass is 595 g/mol. The van der Waals surface area contributed by atoms with Gasteiger partial charge in [-0.3, -0.25) is 9.59 Å². The molecule has 1 heterocycles. The summed E-state index contributed by atoms with van der Waals surface area (Å²) in [6.45, 7) is 6.21. The van der Waals surface area contributed by atoms with Crippen molar-refractivity contribution in [3.05, 3.63) is 81.3 Å². The molecule has 1 atom stereocenters. The van der Waals surface area contributed by atoms with Gasteiger partial charge in [0.15, 0.2) is 23.0 Å². The molecular formula is C29H30BrN3O6. The summed E-state index contributed by atoms with van der Waals surface area (Å²) in [5, 5.41) is 6.86. The summed E-state index contributed by atoms with van der Waals surface area (Å²) in [7, 11) is 1.55. The smallest absolute Gasteiger partial charge is 0.262 e. The van der Waals surface area contributed by atoms with Crippen molar-refractivity contribution in [2.75, 3.05) is 13.9 Å². The van der Waals surface area contributed by atoms with Gasteiger partial charge >= 0.3 is 0 Å². The second-order valence-electron chi connectivity index (χ2n) is 9.31. The van der Waals surface area contributed by atoms with E-state index in [0.29, 0.717) is 45.2 Å². The minimum atomic E-state index is -0.807. The first-order valence-electron chi connectivity index (χ1n) is 12.3. The zero-order chi connectivity index (χ0) is 27.9. The number of carbonyl (C=O) groups excluding carboxylic acids is 2. The quantitative estimate of drug-likeness (QED) is 0.253. The van der Waals surface area contributed by atoms with Crippen LogP contribution in [0.3, 0.4) is 0 Å². The molecule has 9 nitrogen and oxygen atoms in total. The van der Waals surface area contributed by atoms with E-state index in [1.54, 1.807) is 31.4 Å². The fourth-order valence-electron chi connectivity index (χ4n) is 3.83. The highest BCUT2D eigenvalue weighted by Gasteiger charge is 2.25. The third-order valence-corrected chi connectivity index (χ3v) is 6.60. The van der Waals surface area contributed by atoms with E-state index in [9.17, 15) is 9.59 Å². The lowest BCUT2D eigenvalue weighted by Crippen LogP contribution is -2.48. The largest absolute Gasteiger partial charge is 0.493 e. The van der Waals surface area contributed by atoms with Crippen molar-refractivity contribution < 1.29 is 28.5 Å². The molecule has 2 amide bonds. The molecule has 0 aliphatic carbocycles. The van der Waals surface area contributed by atoms with E-state index in [0.717, 1.165) is 5.56 Å². The van der Waals surface area contributed by atoms with Crippen LogP contribution in [-0.4, -0.2) is 38.0 Å². The minimum Gasteiger partial charge on any atom is -0.493 e. The van der Waals surface area contributed by atoms with E-state index in [1.807, 2.05) is 51.1 Å². The van der Waals surface area contributed by atoms with Crippen molar-refractivity contribution in [2.45, 2.75) is 33.4 Å². The van der Waals surface area contributed by atoms with Crippen molar-refractivity contribution in [2.24, 2.45) is 11.0 Å². The number of hydrogen-bond donors (Lipinski definition) is 2. The first-order chi connectivity index (χ1) is 18.7. The predicted molar refractivity (Wildman–Crippen MR) is 151 cm³/mol. The average molecular weight is 596 g/mol.